The van der Waals surface area contributed by atoms with Crippen molar-refractivity contribution in [1.82, 2.24) is 4.90 Å². The van der Waals surface area contributed by atoms with Gasteiger partial charge in [0.15, 0.2) is 11.5 Å². The SMILES string of the molecule is COc1ccccc1Oc1c(C)oc2c3c(ccc2c1=O)OCN(CC(C)C)C3. The van der Waals surface area contributed by atoms with Crippen molar-refractivity contribution in [2.75, 3.05) is 20.4 Å². The number of hydrogen-bond donors (Lipinski definition) is 0. The molecule has 0 radical (unpaired) electrons. The first-order valence-electron chi connectivity index (χ1n) is 9.73. The molecule has 1 aliphatic rings. The molecule has 0 spiro atoms. The predicted octanol–water partition coefficient (Wildman–Crippen LogP) is 4.71. The highest BCUT2D eigenvalue weighted by molar-refractivity contribution is 5.83. The second kappa shape index (κ2) is 7.79. The third kappa shape index (κ3) is 3.68. The van der Waals surface area contributed by atoms with Crippen LogP contribution in [-0.4, -0.2) is 25.3 Å². The van der Waals surface area contributed by atoms with Crippen molar-refractivity contribution in [1.29, 1.82) is 0 Å². The van der Waals surface area contributed by atoms with Gasteiger partial charge in [0.2, 0.25) is 11.2 Å². The Bertz CT molecular complexity index is 1100. The van der Waals surface area contributed by atoms with Gasteiger partial charge in [-0.3, -0.25) is 9.69 Å². The van der Waals surface area contributed by atoms with E-state index in [0.717, 1.165) is 17.9 Å². The van der Waals surface area contributed by atoms with Crippen molar-refractivity contribution in [3.63, 3.8) is 0 Å². The Balaban J connectivity index is 1.78. The van der Waals surface area contributed by atoms with E-state index in [1.165, 1.54) is 0 Å². The van der Waals surface area contributed by atoms with Crippen molar-refractivity contribution in [3.05, 3.63) is 57.9 Å². The maximum atomic E-state index is 13.2. The lowest BCUT2D eigenvalue weighted by Gasteiger charge is -2.30. The number of methoxy groups -OCH3 is 1. The van der Waals surface area contributed by atoms with Crippen LogP contribution in [0.2, 0.25) is 0 Å². The van der Waals surface area contributed by atoms with E-state index in [0.29, 0.717) is 47.4 Å². The smallest absolute Gasteiger partial charge is 0.235 e. The molecule has 29 heavy (non-hydrogen) atoms. The van der Waals surface area contributed by atoms with Crippen LogP contribution < -0.4 is 19.6 Å². The van der Waals surface area contributed by atoms with E-state index in [4.69, 9.17) is 18.6 Å². The molecule has 152 valence electrons. The molecular formula is C23H25NO5. The molecule has 0 unspecified atom stereocenters. The molecule has 0 aliphatic carbocycles. The van der Waals surface area contributed by atoms with Gasteiger partial charge in [0.1, 0.15) is 23.8 Å². The second-order valence-corrected chi connectivity index (χ2v) is 7.67. The summed E-state index contributed by atoms with van der Waals surface area (Å²) >= 11 is 0. The van der Waals surface area contributed by atoms with Crippen molar-refractivity contribution in [3.8, 4) is 23.0 Å². The minimum atomic E-state index is -0.210. The summed E-state index contributed by atoms with van der Waals surface area (Å²) in [5.41, 5.74) is 1.25. The van der Waals surface area contributed by atoms with E-state index in [1.54, 1.807) is 32.2 Å². The summed E-state index contributed by atoms with van der Waals surface area (Å²) < 4.78 is 23.2. The number of aryl methyl sites for hydroxylation is 1. The van der Waals surface area contributed by atoms with E-state index < -0.39 is 0 Å². The lowest BCUT2D eigenvalue weighted by Crippen LogP contribution is -2.34. The van der Waals surface area contributed by atoms with E-state index in [2.05, 4.69) is 18.7 Å². The van der Waals surface area contributed by atoms with Gasteiger partial charge in [-0.05, 0) is 37.1 Å². The molecule has 0 N–H and O–H groups in total. The maximum absolute atomic E-state index is 13.2. The highest BCUT2D eigenvalue weighted by Crippen LogP contribution is 2.36. The Hall–Kier alpha value is -2.99. The van der Waals surface area contributed by atoms with Crippen LogP contribution in [0.4, 0.5) is 0 Å². The van der Waals surface area contributed by atoms with Crippen molar-refractivity contribution in [2.45, 2.75) is 27.3 Å². The highest BCUT2D eigenvalue weighted by atomic mass is 16.5. The number of benzene rings is 2. The average molecular weight is 395 g/mol. The third-order valence-electron chi connectivity index (χ3n) is 4.93. The fraction of sp³-hybridized carbons (Fsp3) is 0.348. The summed E-state index contributed by atoms with van der Waals surface area (Å²) in [5, 5.41) is 0.481. The van der Waals surface area contributed by atoms with Gasteiger partial charge in [-0.25, -0.2) is 0 Å². The highest BCUT2D eigenvalue weighted by Gasteiger charge is 2.24. The zero-order chi connectivity index (χ0) is 20.5. The molecule has 6 heteroatoms. The largest absolute Gasteiger partial charge is 0.493 e. The molecule has 1 aliphatic heterocycles. The van der Waals surface area contributed by atoms with Crippen LogP contribution in [0, 0.1) is 12.8 Å². The topological polar surface area (TPSA) is 61.1 Å². The Morgan fingerprint density at radius 2 is 1.90 bits per heavy atom. The van der Waals surface area contributed by atoms with Gasteiger partial charge < -0.3 is 18.6 Å². The van der Waals surface area contributed by atoms with Gasteiger partial charge in [0.25, 0.3) is 0 Å². The number of hydrogen-bond acceptors (Lipinski definition) is 6. The Kier molecular flexibility index (Phi) is 5.20. The fourth-order valence-corrected chi connectivity index (χ4v) is 3.67. The first-order chi connectivity index (χ1) is 14.0. The van der Waals surface area contributed by atoms with E-state index in [1.807, 2.05) is 18.2 Å². The van der Waals surface area contributed by atoms with Crippen LogP contribution in [-0.2, 0) is 6.54 Å². The first kappa shape index (κ1) is 19.3. The predicted molar refractivity (Wildman–Crippen MR) is 111 cm³/mol. The van der Waals surface area contributed by atoms with Crippen LogP contribution in [0.25, 0.3) is 11.0 Å². The van der Waals surface area contributed by atoms with Crippen LogP contribution >= 0.6 is 0 Å². The van der Waals surface area contributed by atoms with Gasteiger partial charge in [0, 0.05) is 13.1 Å². The standard InChI is InChI=1S/C23H25NO5/c1-14(2)11-24-12-17-18(27-13-24)10-9-16-21(25)22(15(3)28-23(16)17)29-20-8-6-5-7-19(20)26-4/h5-10,14H,11-13H2,1-4H3. The molecule has 0 saturated carbocycles. The van der Waals surface area contributed by atoms with Gasteiger partial charge >= 0.3 is 0 Å². The van der Waals surface area contributed by atoms with Gasteiger partial charge in [0.05, 0.1) is 18.1 Å². The molecule has 1 aromatic heterocycles. The lowest BCUT2D eigenvalue weighted by atomic mass is 10.1. The van der Waals surface area contributed by atoms with Gasteiger partial charge in [-0.2, -0.15) is 0 Å². The molecule has 6 nitrogen and oxygen atoms in total. The van der Waals surface area contributed by atoms with Gasteiger partial charge in [-0.15, -0.1) is 0 Å². The molecule has 0 bridgehead atoms. The van der Waals surface area contributed by atoms with Crippen molar-refractivity contribution in [2.24, 2.45) is 5.92 Å². The quantitative estimate of drug-likeness (QED) is 0.623. The number of fused-ring (bicyclic) bond motifs is 3. The van der Waals surface area contributed by atoms with E-state index >= 15 is 0 Å². The molecule has 3 aromatic rings. The van der Waals surface area contributed by atoms with Crippen LogP contribution in [0.5, 0.6) is 23.0 Å². The Labute approximate surface area is 169 Å². The Morgan fingerprint density at radius 3 is 2.62 bits per heavy atom. The summed E-state index contributed by atoms with van der Waals surface area (Å²) in [5.74, 6) is 2.88. The zero-order valence-corrected chi connectivity index (χ0v) is 17.2. The zero-order valence-electron chi connectivity index (χ0n) is 17.2. The molecule has 0 fully saturated rings. The summed E-state index contributed by atoms with van der Waals surface area (Å²) in [6.07, 6.45) is 0. The fourth-order valence-electron chi connectivity index (χ4n) is 3.67. The number of ether oxygens (including phenoxy) is 3. The summed E-state index contributed by atoms with van der Waals surface area (Å²) in [6, 6.07) is 10.8. The number of rotatable bonds is 5. The second-order valence-electron chi connectivity index (χ2n) is 7.67. The molecular weight excluding hydrogens is 370 g/mol. The lowest BCUT2D eigenvalue weighted by molar-refractivity contribution is 0.0848. The third-order valence-corrected chi connectivity index (χ3v) is 4.93. The minimum absolute atomic E-state index is 0.165. The Morgan fingerprint density at radius 1 is 1.14 bits per heavy atom. The van der Waals surface area contributed by atoms with Gasteiger partial charge in [-0.1, -0.05) is 26.0 Å². The van der Waals surface area contributed by atoms with Crippen LogP contribution in [0.3, 0.4) is 0 Å². The maximum Gasteiger partial charge on any atom is 0.235 e. The van der Waals surface area contributed by atoms with Crippen LogP contribution in [0.15, 0.2) is 45.6 Å². The average Bonchev–Trinajstić information content (AvgIpc) is 2.71. The van der Waals surface area contributed by atoms with E-state index in [-0.39, 0.29) is 11.2 Å². The summed E-state index contributed by atoms with van der Waals surface area (Å²) in [6.45, 7) is 8.21. The number of nitrogens with zero attached hydrogens (tertiary/aromatic N) is 1. The molecule has 2 aromatic carbocycles. The minimum Gasteiger partial charge on any atom is -0.493 e. The monoisotopic (exact) mass is 395 g/mol. The van der Waals surface area contributed by atoms with E-state index in [9.17, 15) is 4.79 Å². The molecule has 0 amide bonds. The molecule has 4 rings (SSSR count). The summed E-state index contributed by atoms with van der Waals surface area (Å²) in [4.78, 5) is 15.4. The molecule has 0 saturated heterocycles. The van der Waals surface area contributed by atoms with Crippen molar-refractivity contribution < 1.29 is 18.6 Å². The number of para-hydroxylation sites is 2. The normalized spacial score (nSPS) is 14.0. The summed E-state index contributed by atoms with van der Waals surface area (Å²) in [7, 11) is 1.56. The van der Waals surface area contributed by atoms with Crippen LogP contribution in [0.1, 0.15) is 25.2 Å². The molecule has 2 heterocycles. The first-order valence-corrected chi connectivity index (χ1v) is 9.73. The van der Waals surface area contributed by atoms with Crippen molar-refractivity contribution >= 4 is 11.0 Å². The molecule has 0 atom stereocenters.